The van der Waals surface area contributed by atoms with E-state index in [2.05, 4.69) is 15.4 Å². The lowest BCUT2D eigenvalue weighted by Crippen LogP contribution is -2.35. The number of aromatic nitrogens is 1. The Morgan fingerprint density at radius 2 is 2.00 bits per heavy atom. The Kier molecular flexibility index (Phi) is 3.65. The van der Waals surface area contributed by atoms with E-state index >= 15 is 0 Å². The molecule has 1 aromatic heterocycles. The number of amides is 2. The van der Waals surface area contributed by atoms with Crippen molar-refractivity contribution in [2.75, 3.05) is 14.1 Å². The van der Waals surface area contributed by atoms with Gasteiger partial charge in [-0.05, 0) is 12.1 Å². The third-order valence-electron chi connectivity index (χ3n) is 1.75. The lowest BCUT2D eigenvalue weighted by molar-refractivity contribution is 0.201. The van der Waals surface area contributed by atoms with Gasteiger partial charge in [-0.2, -0.15) is 0 Å². The van der Waals surface area contributed by atoms with E-state index in [9.17, 15) is 14.4 Å². The van der Waals surface area contributed by atoms with E-state index < -0.39 is 17.7 Å². The van der Waals surface area contributed by atoms with Crippen molar-refractivity contribution in [2.24, 2.45) is 0 Å². The van der Waals surface area contributed by atoms with E-state index in [1.807, 2.05) is 0 Å². The van der Waals surface area contributed by atoms with Crippen LogP contribution in [0.3, 0.4) is 0 Å². The van der Waals surface area contributed by atoms with Gasteiger partial charge >= 0.3 is 17.7 Å². The molecular formula is C9H11N3O4. The van der Waals surface area contributed by atoms with Gasteiger partial charge in [-0.1, -0.05) is 0 Å². The standard InChI is InChI=1S/C9H11N3O4/c1-10-8(14)12-5-3-4-6(7(12)13)16-9(15)11-2/h3-5H,1-2H3,(H,10,14)(H,11,15). The third-order valence-corrected chi connectivity index (χ3v) is 1.75. The molecule has 0 aliphatic carbocycles. The Labute approximate surface area is 91.0 Å². The lowest BCUT2D eigenvalue weighted by atomic mass is 10.4. The molecule has 2 N–H and O–H groups in total. The summed E-state index contributed by atoms with van der Waals surface area (Å²) in [5.74, 6) is -0.217. The number of nitrogens with zero attached hydrogens (tertiary/aromatic N) is 1. The van der Waals surface area contributed by atoms with Gasteiger partial charge in [-0.15, -0.1) is 0 Å². The fraction of sp³-hybridized carbons (Fsp3) is 0.222. The summed E-state index contributed by atoms with van der Waals surface area (Å²) >= 11 is 0. The van der Waals surface area contributed by atoms with Crippen molar-refractivity contribution in [1.29, 1.82) is 0 Å². The highest BCUT2D eigenvalue weighted by Gasteiger charge is 2.11. The number of carbonyl (C=O) groups excluding carboxylic acids is 2. The molecule has 0 saturated carbocycles. The molecule has 1 heterocycles. The number of nitrogens with one attached hydrogen (secondary N) is 2. The van der Waals surface area contributed by atoms with Crippen molar-refractivity contribution in [3.63, 3.8) is 0 Å². The van der Waals surface area contributed by atoms with Gasteiger partial charge in [0.2, 0.25) is 0 Å². The third kappa shape index (κ3) is 2.38. The summed E-state index contributed by atoms with van der Waals surface area (Å²) in [7, 11) is 2.75. The van der Waals surface area contributed by atoms with Crippen molar-refractivity contribution in [2.45, 2.75) is 0 Å². The summed E-state index contributed by atoms with van der Waals surface area (Å²) in [5.41, 5.74) is -0.703. The molecule has 0 aromatic carbocycles. The molecule has 0 saturated heterocycles. The van der Waals surface area contributed by atoms with E-state index in [1.54, 1.807) is 0 Å². The quantitative estimate of drug-likeness (QED) is 0.689. The smallest absolute Gasteiger partial charge is 0.404 e. The van der Waals surface area contributed by atoms with Crippen LogP contribution >= 0.6 is 0 Å². The van der Waals surface area contributed by atoms with Gasteiger partial charge in [-0.25, -0.2) is 14.2 Å². The van der Waals surface area contributed by atoms with E-state index in [4.69, 9.17) is 0 Å². The van der Waals surface area contributed by atoms with Crippen molar-refractivity contribution in [3.8, 4) is 5.75 Å². The Bertz CT molecular complexity index is 466. The number of pyridine rings is 1. The van der Waals surface area contributed by atoms with Gasteiger partial charge in [0.25, 0.3) is 0 Å². The molecule has 7 nitrogen and oxygen atoms in total. The normalized spacial score (nSPS) is 9.38. The van der Waals surface area contributed by atoms with Crippen LogP contribution in [0.2, 0.25) is 0 Å². The molecular weight excluding hydrogens is 214 g/mol. The van der Waals surface area contributed by atoms with Crippen molar-refractivity contribution < 1.29 is 14.3 Å². The molecule has 1 aromatic rings. The van der Waals surface area contributed by atoms with Crippen LogP contribution in [-0.4, -0.2) is 30.8 Å². The summed E-state index contributed by atoms with van der Waals surface area (Å²) in [6, 6.07) is 2.12. The molecule has 0 fully saturated rings. The molecule has 0 bridgehead atoms. The molecule has 7 heteroatoms. The van der Waals surface area contributed by atoms with Crippen molar-refractivity contribution >= 4 is 12.1 Å². The minimum atomic E-state index is -0.772. The number of carbonyl (C=O) groups is 2. The summed E-state index contributed by atoms with van der Waals surface area (Å²) in [6.07, 6.45) is 0.504. The molecule has 0 atom stereocenters. The fourth-order valence-electron chi connectivity index (χ4n) is 0.983. The Balaban J connectivity index is 3.09. The molecule has 0 spiro atoms. The van der Waals surface area contributed by atoms with Crippen LogP contribution in [0.15, 0.2) is 23.1 Å². The maximum Gasteiger partial charge on any atom is 0.412 e. The molecule has 0 aliphatic rings. The number of hydrogen-bond acceptors (Lipinski definition) is 4. The molecule has 0 aliphatic heterocycles. The van der Waals surface area contributed by atoms with Crippen LogP contribution < -0.4 is 20.9 Å². The maximum absolute atomic E-state index is 11.6. The largest absolute Gasteiger partial charge is 0.412 e. The van der Waals surface area contributed by atoms with E-state index in [0.717, 1.165) is 4.57 Å². The highest BCUT2D eigenvalue weighted by Crippen LogP contribution is 2.01. The van der Waals surface area contributed by atoms with Gasteiger partial charge < -0.3 is 15.4 Å². The second-order valence-electron chi connectivity index (χ2n) is 2.74. The summed E-state index contributed by atoms with van der Waals surface area (Å²) in [6.45, 7) is 0. The average molecular weight is 225 g/mol. The fourth-order valence-corrected chi connectivity index (χ4v) is 0.983. The molecule has 16 heavy (non-hydrogen) atoms. The van der Waals surface area contributed by atoms with Crippen LogP contribution in [-0.2, 0) is 0 Å². The van der Waals surface area contributed by atoms with Gasteiger partial charge in [0.15, 0.2) is 5.75 Å². The van der Waals surface area contributed by atoms with Gasteiger partial charge in [0.05, 0.1) is 0 Å². The number of rotatable bonds is 1. The van der Waals surface area contributed by atoms with Crippen LogP contribution in [0, 0.1) is 0 Å². The maximum atomic E-state index is 11.6. The minimum Gasteiger partial charge on any atom is -0.404 e. The lowest BCUT2D eigenvalue weighted by Gasteiger charge is -2.06. The molecule has 0 unspecified atom stereocenters. The first-order valence-electron chi connectivity index (χ1n) is 4.43. The first-order chi connectivity index (χ1) is 7.60. The number of hydrogen-bond donors (Lipinski definition) is 2. The highest BCUT2D eigenvalue weighted by molar-refractivity contribution is 5.76. The predicted octanol–water partition coefficient (Wildman–Crippen LogP) is -0.246. The van der Waals surface area contributed by atoms with Crippen molar-refractivity contribution in [1.82, 2.24) is 15.2 Å². The van der Waals surface area contributed by atoms with E-state index in [1.165, 1.54) is 32.4 Å². The summed E-state index contributed by atoms with van der Waals surface area (Å²) in [5, 5.41) is 4.48. The second-order valence-corrected chi connectivity index (χ2v) is 2.74. The summed E-state index contributed by atoms with van der Waals surface area (Å²) < 4.78 is 5.47. The van der Waals surface area contributed by atoms with Crippen LogP contribution in [0.4, 0.5) is 9.59 Å². The zero-order valence-corrected chi connectivity index (χ0v) is 8.81. The van der Waals surface area contributed by atoms with Gasteiger partial charge in [-0.3, -0.25) is 4.79 Å². The van der Waals surface area contributed by atoms with E-state index in [0.29, 0.717) is 0 Å². The van der Waals surface area contributed by atoms with Crippen LogP contribution in [0.5, 0.6) is 5.75 Å². The zero-order chi connectivity index (χ0) is 12.1. The zero-order valence-electron chi connectivity index (χ0n) is 8.81. The molecule has 1 rings (SSSR count). The first-order valence-corrected chi connectivity index (χ1v) is 4.43. The van der Waals surface area contributed by atoms with Crippen LogP contribution in [0.25, 0.3) is 0 Å². The second kappa shape index (κ2) is 4.96. The SMILES string of the molecule is CNC(=O)Oc1cccn(C(=O)NC)c1=O. The van der Waals surface area contributed by atoms with Gasteiger partial charge in [0, 0.05) is 20.3 Å². The Morgan fingerprint density at radius 3 is 2.56 bits per heavy atom. The minimum absolute atomic E-state index is 0.217. The monoisotopic (exact) mass is 225 g/mol. The van der Waals surface area contributed by atoms with Crippen molar-refractivity contribution in [3.05, 3.63) is 28.7 Å². The summed E-state index contributed by atoms with van der Waals surface area (Å²) in [4.78, 5) is 33.8. The Hall–Kier alpha value is -2.31. The predicted molar refractivity (Wildman–Crippen MR) is 55.6 cm³/mol. The first kappa shape index (κ1) is 11.8. The molecule has 2 amide bonds. The average Bonchev–Trinajstić information content (AvgIpc) is 2.30. The number of ether oxygens (including phenoxy) is 1. The van der Waals surface area contributed by atoms with E-state index in [-0.39, 0.29) is 5.75 Å². The van der Waals surface area contributed by atoms with Crippen LogP contribution in [0.1, 0.15) is 0 Å². The Morgan fingerprint density at radius 1 is 1.31 bits per heavy atom. The molecule has 0 radical (unpaired) electrons. The molecule has 86 valence electrons. The van der Waals surface area contributed by atoms with Gasteiger partial charge in [0.1, 0.15) is 0 Å². The topological polar surface area (TPSA) is 89.4 Å². The highest BCUT2D eigenvalue weighted by atomic mass is 16.6.